The van der Waals surface area contributed by atoms with E-state index in [9.17, 15) is 4.79 Å². The number of rotatable bonds is 3. The molecule has 1 saturated heterocycles. The maximum absolute atomic E-state index is 13.2. The van der Waals surface area contributed by atoms with Gasteiger partial charge in [-0.15, -0.1) is 0 Å². The molecule has 0 unspecified atom stereocenters. The molecule has 0 radical (unpaired) electrons. The fourth-order valence-electron chi connectivity index (χ4n) is 5.81. The fourth-order valence-corrected chi connectivity index (χ4v) is 5.81. The summed E-state index contributed by atoms with van der Waals surface area (Å²) >= 11 is 0. The third kappa shape index (κ3) is 6.55. The minimum Gasteiger partial charge on any atom is -0.492 e. The minimum absolute atomic E-state index is 0.103. The molecule has 0 atom stereocenters. The first-order valence-corrected chi connectivity index (χ1v) is 13.7. The molecule has 0 N–H and O–H groups in total. The van der Waals surface area contributed by atoms with Gasteiger partial charge in [0.25, 0.3) is 5.91 Å². The van der Waals surface area contributed by atoms with Gasteiger partial charge >= 0.3 is 0 Å². The summed E-state index contributed by atoms with van der Waals surface area (Å²) in [5, 5.41) is 0. The smallest absolute Gasteiger partial charge is 0.255 e. The molecule has 0 bridgehead atoms. The number of carbonyl (C=O) groups is 1. The van der Waals surface area contributed by atoms with Gasteiger partial charge in [-0.05, 0) is 80.3 Å². The summed E-state index contributed by atoms with van der Waals surface area (Å²) in [5.74, 6) is 1.12. The van der Waals surface area contributed by atoms with Crippen LogP contribution in [0.5, 0.6) is 5.75 Å². The van der Waals surface area contributed by atoms with Crippen molar-refractivity contribution in [3.05, 3.63) is 89.5 Å². The lowest BCUT2D eigenvalue weighted by Gasteiger charge is -2.45. The predicted molar refractivity (Wildman–Crippen MR) is 146 cm³/mol. The van der Waals surface area contributed by atoms with Gasteiger partial charge < -0.3 is 9.64 Å². The second-order valence-corrected chi connectivity index (χ2v) is 10.7. The van der Waals surface area contributed by atoms with Crippen LogP contribution in [0.4, 0.5) is 0 Å². The number of carbonyl (C=O) groups excluding carboxylic acids is 1. The molecule has 6 heteroatoms. The van der Waals surface area contributed by atoms with Crippen LogP contribution in [0, 0.1) is 12.3 Å². The molecule has 5 rings (SSSR count). The highest BCUT2D eigenvalue weighted by atomic mass is 16.5. The number of hydrogen-bond donors (Lipinski definition) is 0. The fraction of sp³-hybridized carbons (Fsp3) is 0.452. The van der Waals surface area contributed by atoms with Crippen molar-refractivity contribution in [3.8, 4) is 5.75 Å². The van der Waals surface area contributed by atoms with Crippen molar-refractivity contribution >= 4 is 5.91 Å². The number of hydrogen-bond acceptors (Lipinski definition) is 5. The number of pyridine rings is 2. The van der Waals surface area contributed by atoms with Gasteiger partial charge in [-0.25, -0.2) is 0 Å². The van der Waals surface area contributed by atoms with E-state index in [1.807, 2.05) is 36.2 Å². The van der Waals surface area contributed by atoms with Gasteiger partial charge in [0.1, 0.15) is 12.4 Å². The normalized spacial score (nSPS) is 18.8. The first-order valence-electron chi connectivity index (χ1n) is 13.7. The van der Waals surface area contributed by atoms with Gasteiger partial charge in [-0.3, -0.25) is 19.7 Å². The van der Waals surface area contributed by atoms with Crippen molar-refractivity contribution < 1.29 is 9.53 Å². The number of benzene rings is 1. The number of piperidine rings is 1. The third-order valence-electron chi connectivity index (χ3n) is 7.98. The summed E-state index contributed by atoms with van der Waals surface area (Å²) in [6.45, 7) is 6.86. The zero-order valence-corrected chi connectivity index (χ0v) is 21.9. The van der Waals surface area contributed by atoms with E-state index in [4.69, 9.17) is 4.74 Å². The lowest BCUT2D eigenvalue weighted by atomic mass is 9.73. The quantitative estimate of drug-likeness (QED) is 0.490. The molecule has 1 amide bonds. The molecule has 1 fully saturated rings. The number of fused-ring (bicyclic) bond motifs is 1. The highest BCUT2D eigenvalue weighted by Gasteiger charge is 2.37. The van der Waals surface area contributed by atoms with Gasteiger partial charge in [0.15, 0.2) is 0 Å². The van der Waals surface area contributed by atoms with Gasteiger partial charge in [0.05, 0.1) is 11.3 Å². The summed E-state index contributed by atoms with van der Waals surface area (Å²) in [6, 6.07) is 18.4. The molecule has 4 heterocycles. The maximum Gasteiger partial charge on any atom is 0.255 e. The maximum atomic E-state index is 13.2. The van der Waals surface area contributed by atoms with Crippen LogP contribution < -0.4 is 4.74 Å². The molecule has 6 nitrogen and oxygen atoms in total. The third-order valence-corrected chi connectivity index (χ3v) is 7.98. The van der Waals surface area contributed by atoms with Crippen LogP contribution >= 0.6 is 0 Å². The molecular formula is C31H38N4O2. The van der Waals surface area contributed by atoms with E-state index in [-0.39, 0.29) is 11.3 Å². The van der Waals surface area contributed by atoms with E-state index in [0.717, 1.165) is 75.5 Å². The Bertz CT molecular complexity index is 1160. The van der Waals surface area contributed by atoms with Gasteiger partial charge in [0.2, 0.25) is 0 Å². The summed E-state index contributed by atoms with van der Waals surface area (Å²) in [5.41, 5.74) is 4.20. The van der Waals surface area contributed by atoms with Crippen molar-refractivity contribution in [1.29, 1.82) is 0 Å². The highest BCUT2D eigenvalue weighted by Crippen LogP contribution is 2.39. The zero-order chi connectivity index (χ0) is 25.5. The lowest BCUT2D eigenvalue weighted by molar-refractivity contribution is 0.0358. The van der Waals surface area contributed by atoms with Crippen LogP contribution in [-0.2, 0) is 13.0 Å². The Balaban J connectivity index is 1.32. The molecule has 37 heavy (non-hydrogen) atoms. The number of amides is 1. The number of para-hydroxylation sites is 1. The lowest BCUT2D eigenvalue weighted by Crippen LogP contribution is -2.48. The van der Waals surface area contributed by atoms with Crippen molar-refractivity contribution in [3.63, 3.8) is 0 Å². The summed E-state index contributed by atoms with van der Waals surface area (Å²) in [6.07, 6.45) is 10.2. The highest BCUT2D eigenvalue weighted by molar-refractivity contribution is 5.94. The Morgan fingerprint density at radius 2 is 1.78 bits per heavy atom. The van der Waals surface area contributed by atoms with Crippen LogP contribution in [0.1, 0.15) is 59.4 Å². The second-order valence-electron chi connectivity index (χ2n) is 10.7. The summed E-state index contributed by atoms with van der Waals surface area (Å²) in [7, 11) is 0. The molecule has 194 valence electrons. The Kier molecular flexibility index (Phi) is 8.15. The molecule has 2 aliphatic heterocycles. The van der Waals surface area contributed by atoms with Crippen molar-refractivity contribution in [2.24, 2.45) is 5.41 Å². The Morgan fingerprint density at radius 1 is 0.946 bits per heavy atom. The number of nitrogens with zero attached hydrogens (tertiary/aromatic N) is 4. The average Bonchev–Trinajstić information content (AvgIpc) is 2.92. The van der Waals surface area contributed by atoms with E-state index in [1.54, 1.807) is 6.20 Å². The molecule has 1 spiro atoms. The summed E-state index contributed by atoms with van der Waals surface area (Å²) < 4.78 is 6.29. The Hall–Kier alpha value is -3.25. The van der Waals surface area contributed by atoms with E-state index in [0.29, 0.717) is 12.2 Å². The second kappa shape index (κ2) is 11.9. The molecule has 1 aromatic carbocycles. The first-order chi connectivity index (χ1) is 18.1. The van der Waals surface area contributed by atoms with Gasteiger partial charge in [0, 0.05) is 50.8 Å². The Morgan fingerprint density at radius 3 is 2.57 bits per heavy atom. The number of aromatic nitrogens is 2. The number of aryl methyl sites for hydroxylation is 2. The monoisotopic (exact) mass is 498 g/mol. The average molecular weight is 499 g/mol. The van der Waals surface area contributed by atoms with Crippen molar-refractivity contribution in [2.75, 3.05) is 32.8 Å². The van der Waals surface area contributed by atoms with E-state index < -0.39 is 0 Å². The van der Waals surface area contributed by atoms with E-state index in [1.165, 1.54) is 18.4 Å². The van der Waals surface area contributed by atoms with Crippen LogP contribution in [0.3, 0.4) is 0 Å². The molecule has 2 aliphatic rings. The van der Waals surface area contributed by atoms with Crippen LogP contribution in [0.25, 0.3) is 0 Å². The van der Waals surface area contributed by atoms with Gasteiger partial charge in [-0.1, -0.05) is 30.7 Å². The summed E-state index contributed by atoms with van der Waals surface area (Å²) in [4.78, 5) is 26.6. The topological polar surface area (TPSA) is 58.6 Å². The van der Waals surface area contributed by atoms with E-state index in [2.05, 4.69) is 51.3 Å². The van der Waals surface area contributed by atoms with Crippen LogP contribution in [-0.4, -0.2) is 58.5 Å². The van der Waals surface area contributed by atoms with Crippen LogP contribution in [0.2, 0.25) is 0 Å². The molecule has 3 aromatic rings. The van der Waals surface area contributed by atoms with Crippen LogP contribution in [0.15, 0.2) is 67.0 Å². The number of ether oxygens (including phenoxy) is 1. The van der Waals surface area contributed by atoms with Gasteiger partial charge in [-0.2, -0.15) is 0 Å². The predicted octanol–water partition coefficient (Wildman–Crippen LogP) is 5.32. The molecule has 0 aliphatic carbocycles. The number of likely N-dealkylation sites (tertiary alicyclic amines) is 1. The first kappa shape index (κ1) is 25.4. The molecule has 0 saturated carbocycles. The Labute approximate surface area is 220 Å². The standard InChI is InChI=1S/C31H38N4O2/c1-25-12-13-27(22-33-25)30(36)35-18-15-31(16-19-35)14-6-4-9-26-8-2-3-11-29(26)37-21-20-34(24-31)23-28-10-5-7-17-32-28/h2-3,5,7-8,10-13,17,22H,4,6,9,14-16,18-21,23-24H2,1H3. The molecular weight excluding hydrogens is 460 g/mol. The van der Waals surface area contributed by atoms with E-state index >= 15 is 0 Å². The minimum atomic E-state index is 0.103. The molecule has 2 aromatic heterocycles. The SMILES string of the molecule is Cc1ccc(C(=O)N2CCC3(CCCCc4ccccc4OCCN(Cc4ccccn4)C3)CC2)cn1. The zero-order valence-electron chi connectivity index (χ0n) is 21.9. The largest absolute Gasteiger partial charge is 0.492 e. The van der Waals surface area contributed by atoms with Crippen molar-refractivity contribution in [1.82, 2.24) is 19.8 Å². The van der Waals surface area contributed by atoms with Crippen molar-refractivity contribution in [2.45, 2.75) is 52.0 Å².